The van der Waals surface area contributed by atoms with E-state index < -0.39 is 10.0 Å². The second kappa shape index (κ2) is 6.24. The van der Waals surface area contributed by atoms with E-state index in [0.29, 0.717) is 16.9 Å². The van der Waals surface area contributed by atoms with Crippen LogP contribution in [0.1, 0.15) is 43.7 Å². The molecule has 1 aromatic carbocycles. The van der Waals surface area contributed by atoms with Crippen LogP contribution in [0.5, 0.6) is 0 Å². The SMILES string of the molecule is CCc1ccc(CO)cc1S(=O)(=O)N(C)C1CCCC1. The van der Waals surface area contributed by atoms with Crippen LogP contribution in [0.25, 0.3) is 0 Å². The van der Waals surface area contributed by atoms with Gasteiger partial charge in [-0.05, 0) is 36.5 Å². The van der Waals surface area contributed by atoms with Crippen LogP contribution < -0.4 is 0 Å². The third kappa shape index (κ3) is 2.90. The standard InChI is InChI=1S/C15H23NO3S/c1-3-13-9-8-12(11-17)10-15(13)20(18,19)16(2)14-6-4-5-7-14/h8-10,14,17H,3-7,11H2,1-2H3. The van der Waals surface area contributed by atoms with Gasteiger partial charge >= 0.3 is 0 Å². The topological polar surface area (TPSA) is 57.6 Å². The first-order valence-corrected chi connectivity index (χ1v) is 8.65. The molecule has 20 heavy (non-hydrogen) atoms. The summed E-state index contributed by atoms with van der Waals surface area (Å²) in [5.74, 6) is 0. The molecule has 0 bridgehead atoms. The molecule has 0 amide bonds. The van der Waals surface area contributed by atoms with Gasteiger partial charge in [0.15, 0.2) is 0 Å². The van der Waals surface area contributed by atoms with Gasteiger partial charge in [-0.15, -0.1) is 0 Å². The largest absolute Gasteiger partial charge is 0.392 e. The Bertz CT molecular complexity index is 562. The van der Waals surface area contributed by atoms with Crippen molar-refractivity contribution in [3.8, 4) is 0 Å². The van der Waals surface area contributed by atoms with Gasteiger partial charge in [-0.3, -0.25) is 0 Å². The predicted octanol–water partition coefficient (Wildman–Crippen LogP) is 2.30. The third-order valence-corrected chi connectivity index (χ3v) is 6.18. The lowest BCUT2D eigenvalue weighted by Gasteiger charge is -2.25. The molecular weight excluding hydrogens is 274 g/mol. The number of benzene rings is 1. The minimum Gasteiger partial charge on any atom is -0.392 e. The fraction of sp³-hybridized carbons (Fsp3) is 0.600. The predicted molar refractivity (Wildman–Crippen MR) is 78.9 cm³/mol. The summed E-state index contributed by atoms with van der Waals surface area (Å²) in [4.78, 5) is 0.348. The summed E-state index contributed by atoms with van der Waals surface area (Å²) in [6.07, 6.45) is 4.75. The molecule has 0 spiro atoms. The van der Waals surface area contributed by atoms with Gasteiger partial charge in [-0.2, -0.15) is 4.31 Å². The molecule has 4 nitrogen and oxygen atoms in total. The van der Waals surface area contributed by atoms with Crippen LogP contribution in [-0.2, 0) is 23.1 Å². The van der Waals surface area contributed by atoms with E-state index in [1.165, 1.54) is 4.31 Å². The molecular formula is C15H23NO3S. The zero-order valence-corrected chi connectivity index (χ0v) is 13.0. The van der Waals surface area contributed by atoms with Crippen LogP contribution in [0.4, 0.5) is 0 Å². The van der Waals surface area contributed by atoms with Crippen LogP contribution in [0.3, 0.4) is 0 Å². The number of hydrogen-bond donors (Lipinski definition) is 1. The first kappa shape index (κ1) is 15.5. The third-order valence-electron chi connectivity index (χ3n) is 4.19. The maximum Gasteiger partial charge on any atom is 0.243 e. The Kier molecular flexibility index (Phi) is 4.83. The molecule has 0 heterocycles. The van der Waals surface area contributed by atoms with Gasteiger partial charge in [0.1, 0.15) is 0 Å². The van der Waals surface area contributed by atoms with Crippen molar-refractivity contribution in [2.75, 3.05) is 7.05 Å². The van der Waals surface area contributed by atoms with Crippen molar-refractivity contribution >= 4 is 10.0 Å². The number of sulfonamides is 1. The van der Waals surface area contributed by atoms with Gasteiger partial charge in [0.2, 0.25) is 10.0 Å². The molecule has 1 aliphatic rings. The van der Waals surface area contributed by atoms with Crippen LogP contribution in [0, 0.1) is 0 Å². The quantitative estimate of drug-likeness (QED) is 0.907. The summed E-state index contributed by atoms with van der Waals surface area (Å²) >= 11 is 0. The molecule has 0 saturated heterocycles. The summed E-state index contributed by atoms with van der Waals surface area (Å²) in [5.41, 5.74) is 1.45. The van der Waals surface area contributed by atoms with Gasteiger partial charge in [0.25, 0.3) is 0 Å². The Morgan fingerprint density at radius 2 is 1.95 bits per heavy atom. The molecule has 1 fully saturated rings. The summed E-state index contributed by atoms with van der Waals surface area (Å²) < 4.78 is 27.1. The molecule has 0 aliphatic heterocycles. The Hall–Kier alpha value is -0.910. The highest BCUT2D eigenvalue weighted by Crippen LogP contribution is 2.29. The first-order chi connectivity index (χ1) is 9.50. The minimum atomic E-state index is -3.48. The molecule has 1 N–H and O–H groups in total. The van der Waals surface area contributed by atoms with E-state index in [1.807, 2.05) is 6.92 Å². The lowest BCUT2D eigenvalue weighted by molar-refractivity contribution is 0.281. The molecule has 0 radical (unpaired) electrons. The molecule has 5 heteroatoms. The number of aliphatic hydroxyl groups excluding tert-OH is 1. The van der Waals surface area contributed by atoms with Crippen molar-refractivity contribution in [1.29, 1.82) is 0 Å². The van der Waals surface area contributed by atoms with E-state index in [4.69, 9.17) is 0 Å². The highest BCUT2D eigenvalue weighted by Gasteiger charge is 2.31. The van der Waals surface area contributed by atoms with E-state index in [9.17, 15) is 13.5 Å². The number of nitrogens with zero attached hydrogens (tertiary/aromatic N) is 1. The summed E-state index contributed by atoms with van der Waals surface area (Å²) in [5, 5.41) is 9.23. The second-order valence-corrected chi connectivity index (χ2v) is 7.38. The summed E-state index contributed by atoms with van der Waals surface area (Å²) in [6, 6.07) is 5.32. The number of aryl methyl sites for hydroxylation is 1. The number of hydrogen-bond acceptors (Lipinski definition) is 3. The maximum atomic E-state index is 12.8. The highest BCUT2D eigenvalue weighted by molar-refractivity contribution is 7.89. The van der Waals surface area contributed by atoms with Gasteiger partial charge < -0.3 is 5.11 Å². The molecule has 1 saturated carbocycles. The van der Waals surface area contributed by atoms with Crippen LogP contribution in [-0.4, -0.2) is 30.9 Å². The van der Waals surface area contributed by atoms with E-state index in [0.717, 1.165) is 31.2 Å². The number of rotatable bonds is 5. The van der Waals surface area contributed by atoms with E-state index in [1.54, 1.807) is 25.2 Å². The molecule has 0 atom stereocenters. The smallest absolute Gasteiger partial charge is 0.243 e. The van der Waals surface area contributed by atoms with E-state index in [2.05, 4.69) is 0 Å². The normalized spacial score (nSPS) is 17.0. The zero-order chi connectivity index (χ0) is 14.8. The minimum absolute atomic E-state index is 0.113. The van der Waals surface area contributed by atoms with Crippen molar-refractivity contribution in [3.05, 3.63) is 29.3 Å². The lowest BCUT2D eigenvalue weighted by Crippen LogP contribution is -2.35. The van der Waals surface area contributed by atoms with Crippen LogP contribution >= 0.6 is 0 Å². The van der Waals surface area contributed by atoms with Gasteiger partial charge in [0, 0.05) is 13.1 Å². The van der Waals surface area contributed by atoms with Crippen molar-refractivity contribution < 1.29 is 13.5 Å². The fourth-order valence-corrected chi connectivity index (χ4v) is 4.61. The Balaban J connectivity index is 2.41. The maximum absolute atomic E-state index is 12.8. The van der Waals surface area contributed by atoms with Gasteiger partial charge in [0.05, 0.1) is 11.5 Å². The molecule has 1 aliphatic carbocycles. The zero-order valence-electron chi connectivity index (χ0n) is 12.2. The van der Waals surface area contributed by atoms with Gasteiger partial charge in [-0.1, -0.05) is 31.9 Å². The molecule has 0 aromatic heterocycles. The van der Waals surface area contributed by atoms with Crippen molar-refractivity contribution in [2.24, 2.45) is 0 Å². The lowest BCUT2D eigenvalue weighted by atomic mass is 10.1. The Labute approximate surface area is 121 Å². The molecule has 0 unspecified atom stereocenters. The highest BCUT2D eigenvalue weighted by atomic mass is 32.2. The van der Waals surface area contributed by atoms with Crippen LogP contribution in [0.2, 0.25) is 0 Å². The Morgan fingerprint density at radius 3 is 2.50 bits per heavy atom. The average Bonchev–Trinajstić information content (AvgIpc) is 2.99. The summed E-state index contributed by atoms with van der Waals surface area (Å²) in [6.45, 7) is 1.81. The Morgan fingerprint density at radius 1 is 1.30 bits per heavy atom. The molecule has 1 aromatic rings. The fourth-order valence-electron chi connectivity index (χ4n) is 2.85. The number of aliphatic hydroxyl groups is 1. The van der Waals surface area contributed by atoms with Crippen molar-refractivity contribution in [1.82, 2.24) is 4.31 Å². The van der Waals surface area contributed by atoms with Crippen molar-refractivity contribution in [2.45, 2.75) is 56.6 Å². The van der Waals surface area contributed by atoms with Gasteiger partial charge in [-0.25, -0.2) is 8.42 Å². The molecule has 2 rings (SSSR count). The van der Waals surface area contributed by atoms with E-state index >= 15 is 0 Å². The second-order valence-electron chi connectivity index (χ2n) is 5.41. The monoisotopic (exact) mass is 297 g/mol. The first-order valence-electron chi connectivity index (χ1n) is 7.21. The molecule has 112 valence electrons. The van der Waals surface area contributed by atoms with E-state index in [-0.39, 0.29) is 12.6 Å². The summed E-state index contributed by atoms with van der Waals surface area (Å²) in [7, 11) is -1.80. The average molecular weight is 297 g/mol. The van der Waals surface area contributed by atoms with Crippen molar-refractivity contribution in [3.63, 3.8) is 0 Å². The van der Waals surface area contributed by atoms with Crippen LogP contribution in [0.15, 0.2) is 23.1 Å².